The van der Waals surface area contributed by atoms with Crippen LogP contribution in [0.4, 0.5) is 0 Å². The molecule has 0 radical (unpaired) electrons. The Hall–Kier alpha value is -3.25. The first kappa shape index (κ1) is 18.1. The maximum atomic E-state index is 12.5. The first-order valence-corrected chi connectivity index (χ1v) is 9.44. The van der Waals surface area contributed by atoms with E-state index >= 15 is 0 Å². The maximum Gasteiger partial charge on any atom is 0.246 e. The number of benzene rings is 1. The van der Waals surface area contributed by atoms with Gasteiger partial charge in [-0.1, -0.05) is 12.1 Å². The van der Waals surface area contributed by atoms with Gasteiger partial charge in [-0.15, -0.1) is 0 Å². The molecule has 1 aliphatic heterocycles. The van der Waals surface area contributed by atoms with Crippen LogP contribution in [0.3, 0.4) is 0 Å². The van der Waals surface area contributed by atoms with Crippen molar-refractivity contribution in [2.75, 3.05) is 26.2 Å². The minimum atomic E-state index is 0.0715. The fourth-order valence-corrected chi connectivity index (χ4v) is 3.32. The van der Waals surface area contributed by atoms with E-state index in [2.05, 4.69) is 14.9 Å². The van der Waals surface area contributed by atoms with Gasteiger partial charge in [-0.25, -0.2) is 4.98 Å². The van der Waals surface area contributed by atoms with Gasteiger partial charge in [0.15, 0.2) is 0 Å². The molecule has 3 aromatic rings. The van der Waals surface area contributed by atoms with Crippen LogP contribution in [0.25, 0.3) is 11.8 Å². The third kappa shape index (κ3) is 4.53. The van der Waals surface area contributed by atoms with Crippen molar-refractivity contribution in [3.8, 4) is 5.69 Å². The third-order valence-corrected chi connectivity index (χ3v) is 4.95. The van der Waals surface area contributed by atoms with Crippen molar-refractivity contribution in [1.29, 1.82) is 0 Å². The highest BCUT2D eigenvalue weighted by Crippen LogP contribution is 2.12. The summed E-state index contributed by atoms with van der Waals surface area (Å²) in [6.07, 6.45) is 12.6. The Kier molecular flexibility index (Phi) is 5.58. The van der Waals surface area contributed by atoms with Crippen LogP contribution in [0.1, 0.15) is 11.1 Å². The highest BCUT2D eigenvalue weighted by molar-refractivity contribution is 5.91. The van der Waals surface area contributed by atoms with Crippen LogP contribution in [-0.2, 0) is 11.3 Å². The lowest BCUT2D eigenvalue weighted by Gasteiger charge is -2.34. The molecule has 2 aromatic heterocycles. The number of piperazine rings is 1. The molecule has 0 unspecified atom stereocenters. The van der Waals surface area contributed by atoms with Gasteiger partial charge in [-0.2, -0.15) is 0 Å². The average Bonchev–Trinajstić information content (AvgIpc) is 3.29. The van der Waals surface area contributed by atoms with Crippen LogP contribution in [-0.4, -0.2) is 56.4 Å². The molecule has 1 aliphatic rings. The van der Waals surface area contributed by atoms with Crippen molar-refractivity contribution in [1.82, 2.24) is 24.3 Å². The van der Waals surface area contributed by atoms with Crippen molar-refractivity contribution >= 4 is 12.0 Å². The summed E-state index contributed by atoms with van der Waals surface area (Å²) in [4.78, 5) is 24.9. The van der Waals surface area contributed by atoms with E-state index in [1.165, 1.54) is 5.56 Å². The summed E-state index contributed by atoms with van der Waals surface area (Å²) >= 11 is 0. The van der Waals surface area contributed by atoms with Gasteiger partial charge < -0.3 is 9.47 Å². The van der Waals surface area contributed by atoms with Crippen molar-refractivity contribution in [3.05, 3.63) is 84.7 Å². The van der Waals surface area contributed by atoms with Crippen LogP contribution in [0.15, 0.2) is 73.6 Å². The largest absolute Gasteiger partial charge is 0.337 e. The maximum absolute atomic E-state index is 12.5. The van der Waals surface area contributed by atoms with Crippen molar-refractivity contribution in [2.45, 2.75) is 6.54 Å². The smallest absolute Gasteiger partial charge is 0.246 e. The molecule has 1 aromatic carbocycles. The molecular formula is C22H23N5O. The summed E-state index contributed by atoms with van der Waals surface area (Å²) in [7, 11) is 0. The fourth-order valence-electron chi connectivity index (χ4n) is 3.32. The Morgan fingerprint density at radius 1 is 0.929 bits per heavy atom. The normalized spacial score (nSPS) is 15.2. The topological polar surface area (TPSA) is 54.3 Å². The molecule has 1 fully saturated rings. The second-order valence-electron chi connectivity index (χ2n) is 6.85. The van der Waals surface area contributed by atoms with Gasteiger partial charge >= 0.3 is 0 Å². The number of imidazole rings is 1. The Morgan fingerprint density at radius 3 is 2.36 bits per heavy atom. The Balaban J connectivity index is 1.28. The lowest BCUT2D eigenvalue weighted by molar-refractivity contribution is -0.127. The van der Waals surface area contributed by atoms with E-state index in [1.807, 2.05) is 70.5 Å². The molecule has 0 spiro atoms. The quantitative estimate of drug-likeness (QED) is 0.645. The molecular weight excluding hydrogens is 350 g/mol. The lowest BCUT2D eigenvalue weighted by Crippen LogP contribution is -2.47. The average molecular weight is 373 g/mol. The molecule has 6 heteroatoms. The van der Waals surface area contributed by atoms with Gasteiger partial charge in [-0.05, 0) is 41.5 Å². The summed E-state index contributed by atoms with van der Waals surface area (Å²) in [5.41, 5.74) is 3.31. The Labute approximate surface area is 164 Å². The molecule has 28 heavy (non-hydrogen) atoms. The van der Waals surface area contributed by atoms with Gasteiger partial charge in [0.25, 0.3) is 0 Å². The first-order chi connectivity index (χ1) is 13.8. The number of carbonyl (C=O) groups is 1. The van der Waals surface area contributed by atoms with Gasteiger partial charge in [0.05, 0.1) is 6.33 Å². The highest BCUT2D eigenvalue weighted by Gasteiger charge is 2.19. The SMILES string of the molecule is O=C(/C=C/c1ccc(-n2ccnc2)cc1)N1CCN(Cc2ccncc2)CC1. The van der Waals surface area contributed by atoms with Crippen LogP contribution in [0.5, 0.6) is 0 Å². The van der Waals surface area contributed by atoms with Gasteiger partial charge in [0.2, 0.25) is 5.91 Å². The zero-order chi connectivity index (χ0) is 19.2. The van der Waals surface area contributed by atoms with E-state index in [1.54, 1.807) is 18.6 Å². The number of carbonyl (C=O) groups excluding carboxylic acids is 1. The third-order valence-electron chi connectivity index (χ3n) is 4.95. The number of pyridine rings is 1. The first-order valence-electron chi connectivity index (χ1n) is 9.44. The van der Waals surface area contributed by atoms with E-state index < -0.39 is 0 Å². The molecule has 3 heterocycles. The minimum absolute atomic E-state index is 0.0715. The van der Waals surface area contributed by atoms with Crippen molar-refractivity contribution < 1.29 is 4.79 Å². The van der Waals surface area contributed by atoms with Gasteiger partial charge in [0, 0.05) is 69.3 Å². The van der Waals surface area contributed by atoms with E-state index in [0.29, 0.717) is 0 Å². The molecule has 1 saturated heterocycles. The second-order valence-corrected chi connectivity index (χ2v) is 6.85. The minimum Gasteiger partial charge on any atom is -0.337 e. The summed E-state index contributed by atoms with van der Waals surface area (Å²) in [6, 6.07) is 12.1. The van der Waals surface area contributed by atoms with Gasteiger partial charge in [0.1, 0.15) is 0 Å². The van der Waals surface area contributed by atoms with Crippen molar-refractivity contribution in [3.63, 3.8) is 0 Å². The molecule has 1 amide bonds. The van der Waals surface area contributed by atoms with E-state index in [9.17, 15) is 4.79 Å². The standard InChI is InChI=1S/C22H23N5O/c28-22(6-3-19-1-4-21(5-2-19)27-12-11-24-18-27)26-15-13-25(14-16-26)17-20-7-9-23-10-8-20/h1-12,18H,13-17H2/b6-3+. The van der Waals surface area contributed by atoms with Crippen molar-refractivity contribution in [2.24, 2.45) is 0 Å². The van der Waals surface area contributed by atoms with E-state index in [-0.39, 0.29) is 5.91 Å². The van der Waals surface area contributed by atoms with Crippen LogP contribution >= 0.6 is 0 Å². The molecule has 0 bridgehead atoms. The molecule has 0 aliphatic carbocycles. The zero-order valence-corrected chi connectivity index (χ0v) is 15.7. The molecule has 0 atom stereocenters. The molecule has 6 nitrogen and oxygen atoms in total. The van der Waals surface area contributed by atoms with E-state index in [0.717, 1.165) is 44.0 Å². The summed E-state index contributed by atoms with van der Waals surface area (Å²) in [5.74, 6) is 0.0715. The Bertz CT molecular complexity index is 911. The van der Waals surface area contributed by atoms with Crippen LogP contribution in [0.2, 0.25) is 0 Å². The molecule has 0 saturated carbocycles. The van der Waals surface area contributed by atoms with Crippen LogP contribution < -0.4 is 0 Å². The number of nitrogens with zero attached hydrogens (tertiary/aromatic N) is 5. The van der Waals surface area contributed by atoms with Crippen LogP contribution in [0, 0.1) is 0 Å². The summed E-state index contributed by atoms with van der Waals surface area (Å²) in [5, 5.41) is 0. The van der Waals surface area contributed by atoms with Gasteiger partial charge in [-0.3, -0.25) is 14.7 Å². The predicted molar refractivity (Wildman–Crippen MR) is 109 cm³/mol. The summed E-state index contributed by atoms with van der Waals surface area (Å²) < 4.78 is 1.95. The fraction of sp³-hybridized carbons (Fsp3) is 0.227. The predicted octanol–water partition coefficient (Wildman–Crippen LogP) is 2.62. The Morgan fingerprint density at radius 2 is 1.68 bits per heavy atom. The molecule has 4 rings (SSSR count). The van der Waals surface area contributed by atoms with E-state index in [4.69, 9.17) is 0 Å². The number of rotatable bonds is 5. The molecule has 142 valence electrons. The highest BCUT2D eigenvalue weighted by atomic mass is 16.2. The zero-order valence-electron chi connectivity index (χ0n) is 15.7. The number of hydrogen-bond donors (Lipinski definition) is 0. The number of hydrogen-bond acceptors (Lipinski definition) is 4. The monoisotopic (exact) mass is 373 g/mol. The lowest BCUT2D eigenvalue weighted by atomic mass is 10.2. The summed E-state index contributed by atoms with van der Waals surface area (Å²) in [6.45, 7) is 4.20. The number of amides is 1. The molecule has 0 N–H and O–H groups in total. The number of aromatic nitrogens is 3. The second kappa shape index (κ2) is 8.63.